The first-order chi connectivity index (χ1) is 10.8. The fourth-order valence-electron chi connectivity index (χ4n) is 2.89. The van der Waals surface area contributed by atoms with Crippen molar-refractivity contribution < 1.29 is 19.2 Å². The molecule has 124 valence electrons. The molecule has 2 amide bonds. The molecule has 0 atom stereocenters. The van der Waals surface area contributed by atoms with Crippen LogP contribution < -0.4 is 15.5 Å². The maximum absolute atomic E-state index is 11.7. The van der Waals surface area contributed by atoms with Crippen molar-refractivity contribution in [1.29, 1.82) is 0 Å². The minimum atomic E-state index is -0.523. The van der Waals surface area contributed by atoms with Gasteiger partial charge in [0.15, 0.2) is 0 Å². The topological polar surface area (TPSA) is 71.9 Å². The van der Waals surface area contributed by atoms with E-state index in [1.165, 1.54) is 23.3 Å². The SMILES string of the molecule is O=C(NCCC1=CCCCC1)C(=O)NCC[NH+]1CCOCC1. The highest BCUT2D eigenvalue weighted by Crippen LogP contribution is 2.19. The average molecular weight is 310 g/mol. The van der Waals surface area contributed by atoms with E-state index in [4.69, 9.17) is 4.74 Å². The number of rotatable bonds is 6. The summed E-state index contributed by atoms with van der Waals surface area (Å²) in [5, 5.41) is 5.39. The molecule has 2 aliphatic rings. The Bertz CT molecular complexity index is 403. The van der Waals surface area contributed by atoms with Gasteiger partial charge in [0.1, 0.15) is 13.1 Å². The summed E-state index contributed by atoms with van der Waals surface area (Å²) in [4.78, 5) is 24.8. The van der Waals surface area contributed by atoms with Crippen LogP contribution in [0.4, 0.5) is 0 Å². The van der Waals surface area contributed by atoms with Crippen LogP contribution in [-0.2, 0) is 14.3 Å². The van der Waals surface area contributed by atoms with Gasteiger partial charge in [-0.15, -0.1) is 0 Å². The first kappa shape index (κ1) is 17.0. The first-order valence-electron chi connectivity index (χ1n) is 8.41. The Balaban J connectivity index is 1.54. The Hall–Kier alpha value is -1.40. The Morgan fingerprint density at radius 2 is 1.82 bits per heavy atom. The second-order valence-electron chi connectivity index (χ2n) is 5.98. The molecule has 1 heterocycles. The van der Waals surface area contributed by atoms with Gasteiger partial charge in [0.25, 0.3) is 0 Å². The van der Waals surface area contributed by atoms with Crippen molar-refractivity contribution in [3.05, 3.63) is 11.6 Å². The van der Waals surface area contributed by atoms with Crippen LogP contribution in [0, 0.1) is 0 Å². The third kappa shape index (κ3) is 6.15. The molecule has 0 radical (unpaired) electrons. The van der Waals surface area contributed by atoms with E-state index in [2.05, 4.69) is 16.7 Å². The van der Waals surface area contributed by atoms with Crippen LogP contribution in [0.15, 0.2) is 11.6 Å². The molecule has 0 bridgehead atoms. The van der Waals surface area contributed by atoms with Gasteiger partial charge in [0.05, 0.1) is 26.3 Å². The zero-order valence-corrected chi connectivity index (χ0v) is 13.3. The molecule has 1 aliphatic carbocycles. The number of carbonyl (C=O) groups is 2. The number of carbonyl (C=O) groups excluding carboxylic acids is 2. The van der Waals surface area contributed by atoms with Crippen LogP contribution in [-0.4, -0.2) is 57.8 Å². The predicted octanol–water partition coefficient (Wildman–Crippen LogP) is -0.976. The van der Waals surface area contributed by atoms with Gasteiger partial charge in [0, 0.05) is 6.54 Å². The Morgan fingerprint density at radius 3 is 2.50 bits per heavy atom. The van der Waals surface area contributed by atoms with Gasteiger partial charge >= 0.3 is 11.8 Å². The Morgan fingerprint density at radius 1 is 1.09 bits per heavy atom. The van der Waals surface area contributed by atoms with Crippen LogP contribution in [0.25, 0.3) is 0 Å². The van der Waals surface area contributed by atoms with Crippen LogP contribution >= 0.6 is 0 Å². The van der Waals surface area contributed by atoms with Gasteiger partial charge in [-0.2, -0.15) is 0 Å². The molecule has 0 unspecified atom stereocenters. The fraction of sp³-hybridized carbons (Fsp3) is 0.750. The lowest BCUT2D eigenvalue weighted by Gasteiger charge is -2.23. The molecule has 0 saturated carbocycles. The molecule has 6 heteroatoms. The molecule has 0 aromatic heterocycles. The number of morpholine rings is 1. The largest absolute Gasteiger partial charge is 0.370 e. The van der Waals surface area contributed by atoms with Gasteiger partial charge in [-0.3, -0.25) is 9.59 Å². The average Bonchev–Trinajstić information content (AvgIpc) is 2.56. The predicted molar refractivity (Wildman–Crippen MR) is 83.6 cm³/mol. The molecule has 2 rings (SSSR count). The highest BCUT2D eigenvalue weighted by Gasteiger charge is 2.16. The number of hydrogen-bond acceptors (Lipinski definition) is 3. The van der Waals surface area contributed by atoms with Crippen molar-refractivity contribution in [2.75, 3.05) is 45.9 Å². The summed E-state index contributed by atoms with van der Waals surface area (Å²) >= 11 is 0. The summed E-state index contributed by atoms with van der Waals surface area (Å²) in [5.41, 5.74) is 1.41. The van der Waals surface area contributed by atoms with Crippen molar-refractivity contribution >= 4 is 11.8 Å². The number of quaternary nitrogens is 1. The summed E-state index contributed by atoms with van der Waals surface area (Å²) in [6.45, 7) is 5.42. The van der Waals surface area contributed by atoms with Crippen LogP contribution in [0.2, 0.25) is 0 Å². The minimum Gasteiger partial charge on any atom is -0.370 e. The van der Waals surface area contributed by atoms with Crippen molar-refractivity contribution in [2.45, 2.75) is 32.1 Å². The Labute approximate surface area is 132 Å². The Kier molecular flexibility index (Phi) is 7.39. The molecule has 0 aromatic carbocycles. The van der Waals surface area contributed by atoms with Crippen molar-refractivity contribution in [1.82, 2.24) is 10.6 Å². The highest BCUT2D eigenvalue weighted by molar-refractivity contribution is 6.35. The maximum atomic E-state index is 11.7. The summed E-state index contributed by atoms with van der Waals surface area (Å²) < 4.78 is 5.28. The molecule has 1 saturated heterocycles. The van der Waals surface area contributed by atoms with Crippen LogP contribution in [0.5, 0.6) is 0 Å². The van der Waals surface area contributed by atoms with E-state index < -0.39 is 11.8 Å². The molecule has 0 aromatic rings. The van der Waals surface area contributed by atoms with Gasteiger partial charge in [-0.1, -0.05) is 11.6 Å². The standard InChI is InChI=1S/C16H27N3O3/c20-15(17-7-6-14-4-2-1-3-5-14)16(21)18-8-9-19-10-12-22-13-11-19/h4H,1-3,5-13H2,(H,17,20)(H,18,21)/p+1. The second kappa shape index (κ2) is 9.58. The number of hydrogen-bond donors (Lipinski definition) is 3. The lowest BCUT2D eigenvalue weighted by Crippen LogP contribution is -3.14. The molecule has 1 fully saturated rings. The quantitative estimate of drug-likeness (QED) is 0.436. The minimum absolute atomic E-state index is 0.520. The number of amides is 2. The molecule has 1 aliphatic heterocycles. The number of nitrogens with one attached hydrogen (secondary N) is 3. The molecule has 3 N–H and O–H groups in total. The van der Waals surface area contributed by atoms with Crippen LogP contribution in [0.1, 0.15) is 32.1 Å². The smallest absolute Gasteiger partial charge is 0.309 e. The second-order valence-corrected chi connectivity index (χ2v) is 5.98. The maximum Gasteiger partial charge on any atom is 0.309 e. The summed E-state index contributed by atoms with van der Waals surface area (Å²) in [7, 11) is 0. The summed E-state index contributed by atoms with van der Waals surface area (Å²) in [6, 6.07) is 0. The van der Waals surface area contributed by atoms with Gasteiger partial charge < -0.3 is 20.3 Å². The third-order valence-corrected chi connectivity index (χ3v) is 4.29. The number of allylic oxidation sites excluding steroid dienone is 1. The zero-order valence-electron chi connectivity index (χ0n) is 13.3. The monoisotopic (exact) mass is 310 g/mol. The fourth-order valence-corrected chi connectivity index (χ4v) is 2.89. The van der Waals surface area contributed by atoms with E-state index >= 15 is 0 Å². The molecule has 0 spiro atoms. The van der Waals surface area contributed by atoms with Gasteiger partial charge in [0.2, 0.25) is 0 Å². The number of ether oxygens (including phenoxy) is 1. The lowest BCUT2D eigenvalue weighted by molar-refractivity contribution is -0.906. The molecular formula is C16H28N3O3+. The van der Waals surface area contributed by atoms with E-state index in [1.807, 2.05) is 0 Å². The highest BCUT2D eigenvalue weighted by atomic mass is 16.5. The summed E-state index contributed by atoms with van der Waals surface area (Å²) in [6.07, 6.45) is 7.91. The molecule has 22 heavy (non-hydrogen) atoms. The zero-order chi connectivity index (χ0) is 15.6. The van der Waals surface area contributed by atoms with Crippen molar-refractivity contribution in [3.8, 4) is 0 Å². The van der Waals surface area contributed by atoms with E-state index in [-0.39, 0.29) is 0 Å². The third-order valence-electron chi connectivity index (χ3n) is 4.29. The summed E-state index contributed by atoms with van der Waals surface area (Å²) in [5.74, 6) is -1.04. The van der Waals surface area contributed by atoms with E-state index in [0.717, 1.165) is 52.1 Å². The molecule has 6 nitrogen and oxygen atoms in total. The van der Waals surface area contributed by atoms with Crippen LogP contribution in [0.3, 0.4) is 0 Å². The van der Waals surface area contributed by atoms with Crippen molar-refractivity contribution in [3.63, 3.8) is 0 Å². The van der Waals surface area contributed by atoms with Crippen molar-refractivity contribution in [2.24, 2.45) is 0 Å². The van der Waals surface area contributed by atoms with E-state index in [9.17, 15) is 9.59 Å². The normalized spacial score (nSPS) is 19.4. The lowest BCUT2D eigenvalue weighted by atomic mass is 9.97. The van der Waals surface area contributed by atoms with Gasteiger partial charge in [-0.05, 0) is 32.1 Å². The first-order valence-corrected chi connectivity index (χ1v) is 8.41. The van der Waals surface area contributed by atoms with E-state index in [0.29, 0.717) is 13.1 Å². The van der Waals surface area contributed by atoms with Gasteiger partial charge in [-0.25, -0.2) is 0 Å². The van der Waals surface area contributed by atoms with E-state index in [1.54, 1.807) is 0 Å². The molecular weight excluding hydrogens is 282 g/mol.